The lowest BCUT2D eigenvalue weighted by molar-refractivity contribution is -0.140. The van der Waals surface area contributed by atoms with Crippen molar-refractivity contribution in [3.05, 3.63) is 45.6 Å². The third-order valence-electron chi connectivity index (χ3n) is 3.76. The van der Waals surface area contributed by atoms with Gasteiger partial charge in [0, 0.05) is 13.0 Å². The normalized spacial score (nSPS) is 13.8. The van der Waals surface area contributed by atoms with Crippen molar-refractivity contribution < 1.29 is 23.5 Å². The molecule has 0 radical (unpaired) electrons. The molecule has 25 heavy (non-hydrogen) atoms. The molecule has 9 heteroatoms. The summed E-state index contributed by atoms with van der Waals surface area (Å²) in [6.07, 6.45) is 1.08. The number of aryl methyl sites for hydroxylation is 1. The molecule has 1 N–H and O–H groups in total. The van der Waals surface area contributed by atoms with E-state index in [9.17, 15) is 9.59 Å². The molecule has 2 heterocycles. The maximum atomic E-state index is 12.0. The minimum Gasteiger partial charge on any atom is -0.481 e. The van der Waals surface area contributed by atoms with Gasteiger partial charge in [-0.05, 0) is 19.9 Å². The summed E-state index contributed by atoms with van der Waals surface area (Å²) in [5, 5.41) is 9.34. The Hall–Kier alpha value is -2.74. The molecule has 2 atom stereocenters. The van der Waals surface area contributed by atoms with Gasteiger partial charge in [-0.15, -0.1) is 0 Å². The Morgan fingerprint density at radius 3 is 2.68 bits per heavy atom. The highest BCUT2D eigenvalue weighted by Crippen LogP contribution is 2.33. The smallest absolute Gasteiger partial charge is 0.420 e. The van der Waals surface area contributed by atoms with Crippen molar-refractivity contribution >= 4 is 28.7 Å². The quantitative estimate of drug-likeness (QED) is 0.737. The van der Waals surface area contributed by atoms with Crippen LogP contribution in [-0.4, -0.2) is 20.6 Å². The lowest BCUT2D eigenvalue weighted by Crippen LogP contribution is -2.24. The molecule has 0 saturated carbocycles. The van der Waals surface area contributed by atoms with Crippen molar-refractivity contribution in [2.45, 2.75) is 32.9 Å². The molecular weight excluding hydrogens is 352 g/mol. The lowest BCUT2D eigenvalue weighted by atomic mass is 10.2. The molecule has 2 unspecified atom stereocenters. The Morgan fingerprint density at radius 1 is 1.36 bits per heavy atom. The number of aliphatic carboxylic acids is 1. The van der Waals surface area contributed by atoms with E-state index in [-0.39, 0.29) is 21.9 Å². The SMILES string of the molecule is Cc1ncc(C(C)Oc2cc3oc(=O)n(C(C)C(=O)O)c3cc2Cl)o1. The van der Waals surface area contributed by atoms with Gasteiger partial charge in [0.1, 0.15) is 11.8 Å². The topological polar surface area (TPSA) is 108 Å². The number of hydrogen-bond acceptors (Lipinski definition) is 6. The third-order valence-corrected chi connectivity index (χ3v) is 4.05. The van der Waals surface area contributed by atoms with Gasteiger partial charge in [-0.2, -0.15) is 0 Å². The molecule has 132 valence electrons. The van der Waals surface area contributed by atoms with Crippen molar-refractivity contribution in [2.24, 2.45) is 0 Å². The average Bonchev–Trinajstić information content (AvgIpc) is 3.10. The summed E-state index contributed by atoms with van der Waals surface area (Å²) in [6.45, 7) is 4.86. The fourth-order valence-corrected chi connectivity index (χ4v) is 2.62. The van der Waals surface area contributed by atoms with E-state index in [1.165, 1.54) is 19.1 Å². The van der Waals surface area contributed by atoms with Crippen LogP contribution in [0.15, 0.2) is 32.0 Å². The summed E-state index contributed by atoms with van der Waals surface area (Å²) in [6, 6.07) is 1.80. The predicted octanol–water partition coefficient (Wildman–Crippen LogP) is 3.33. The molecule has 0 saturated heterocycles. The predicted molar refractivity (Wildman–Crippen MR) is 88.1 cm³/mol. The van der Waals surface area contributed by atoms with Crippen LogP contribution < -0.4 is 10.5 Å². The molecule has 0 aliphatic carbocycles. The molecule has 0 fully saturated rings. The molecule has 0 spiro atoms. The van der Waals surface area contributed by atoms with Crippen molar-refractivity contribution in [1.29, 1.82) is 0 Å². The number of carboxylic acid groups (broad SMARTS) is 1. The summed E-state index contributed by atoms with van der Waals surface area (Å²) in [7, 11) is 0. The van der Waals surface area contributed by atoms with Gasteiger partial charge in [-0.25, -0.2) is 14.6 Å². The summed E-state index contributed by atoms with van der Waals surface area (Å²) in [5.41, 5.74) is 0.457. The van der Waals surface area contributed by atoms with Gasteiger partial charge in [0.05, 0.1) is 16.7 Å². The highest BCUT2D eigenvalue weighted by molar-refractivity contribution is 6.32. The van der Waals surface area contributed by atoms with Crippen molar-refractivity contribution in [3.8, 4) is 5.75 Å². The molecular formula is C16H15ClN2O6. The number of rotatable bonds is 5. The van der Waals surface area contributed by atoms with Crippen LogP contribution in [0.2, 0.25) is 5.02 Å². The number of hydrogen-bond donors (Lipinski definition) is 1. The van der Waals surface area contributed by atoms with Crippen LogP contribution >= 0.6 is 11.6 Å². The average molecular weight is 367 g/mol. The second-order valence-electron chi connectivity index (χ2n) is 5.54. The number of carbonyl (C=O) groups is 1. The van der Waals surface area contributed by atoms with Gasteiger partial charge in [-0.3, -0.25) is 4.57 Å². The highest BCUT2D eigenvalue weighted by Gasteiger charge is 2.23. The van der Waals surface area contributed by atoms with E-state index in [1.54, 1.807) is 20.0 Å². The Kier molecular flexibility index (Phi) is 4.30. The van der Waals surface area contributed by atoms with Crippen LogP contribution in [0.3, 0.4) is 0 Å². The molecule has 0 aliphatic heterocycles. The number of carboxylic acids is 1. The maximum absolute atomic E-state index is 12.0. The molecule has 8 nitrogen and oxygen atoms in total. The second kappa shape index (κ2) is 6.29. The van der Waals surface area contributed by atoms with E-state index in [0.717, 1.165) is 4.57 Å². The van der Waals surface area contributed by atoms with Gasteiger partial charge in [-0.1, -0.05) is 11.6 Å². The maximum Gasteiger partial charge on any atom is 0.420 e. The van der Waals surface area contributed by atoms with Crippen LogP contribution in [0.1, 0.15) is 37.6 Å². The van der Waals surface area contributed by atoms with Crippen LogP contribution in [0.4, 0.5) is 0 Å². The zero-order chi connectivity index (χ0) is 18.3. The monoisotopic (exact) mass is 366 g/mol. The first-order valence-corrected chi connectivity index (χ1v) is 7.82. The van der Waals surface area contributed by atoms with Gasteiger partial charge >= 0.3 is 11.7 Å². The molecule has 3 rings (SSSR count). The van der Waals surface area contributed by atoms with E-state index in [1.807, 2.05) is 0 Å². The first-order chi connectivity index (χ1) is 11.8. The van der Waals surface area contributed by atoms with Gasteiger partial charge in [0.15, 0.2) is 23.3 Å². The first-order valence-electron chi connectivity index (χ1n) is 7.44. The van der Waals surface area contributed by atoms with Crippen LogP contribution in [-0.2, 0) is 4.79 Å². The number of fused-ring (bicyclic) bond motifs is 1. The summed E-state index contributed by atoms with van der Waals surface area (Å²) < 4.78 is 17.3. The number of nitrogens with zero attached hydrogens (tertiary/aromatic N) is 2. The van der Waals surface area contributed by atoms with E-state index >= 15 is 0 Å². The highest BCUT2D eigenvalue weighted by atomic mass is 35.5. The number of benzene rings is 1. The molecule has 2 aromatic heterocycles. The fraction of sp³-hybridized carbons (Fsp3) is 0.312. The largest absolute Gasteiger partial charge is 0.481 e. The standard InChI is InChI=1S/C16H15ClN2O6/c1-7(15(20)21)19-11-4-10(17)12(5-13(11)25-16(19)22)23-8(2)14-6-18-9(3)24-14/h4-8H,1-3H3,(H,20,21). The zero-order valence-corrected chi connectivity index (χ0v) is 14.4. The summed E-state index contributed by atoms with van der Waals surface area (Å²) >= 11 is 6.23. The summed E-state index contributed by atoms with van der Waals surface area (Å²) in [4.78, 5) is 27.2. The van der Waals surface area contributed by atoms with Crippen molar-refractivity contribution in [3.63, 3.8) is 0 Å². The van der Waals surface area contributed by atoms with E-state index in [0.29, 0.717) is 11.7 Å². The van der Waals surface area contributed by atoms with Crippen LogP contribution in [0, 0.1) is 6.92 Å². The van der Waals surface area contributed by atoms with E-state index < -0.39 is 23.9 Å². The molecule has 0 bridgehead atoms. The van der Waals surface area contributed by atoms with E-state index in [2.05, 4.69) is 4.98 Å². The van der Waals surface area contributed by atoms with Gasteiger partial charge < -0.3 is 18.7 Å². The number of oxazole rings is 2. The molecule has 1 aromatic carbocycles. The Labute approximate surface area is 146 Å². The second-order valence-corrected chi connectivity index (χ2v) is 5.95. The minimum absolute atomic E-state index is 0.179. The Balaban J connectivity index is 2.00. The van der Waals surface area contributed by atoms with E-state index in [4.69, 9.17) is 30.3 Å². The fourth-order valence-electron chi connectivity index (χ4n) is 2.42. The van der Waals surface area contributed by atoms with Crippen molar-refractivity contribution in [2.75, 3.05) is 0 Å². The minimum atomic E-state index is -1.16. The first kappa shape index (κ1) is 17.1. The Bertz CT molecular complexity index is 1000. The van der Waals surface area contributed by atoms with Crippen LogP contribution in [0.25, 0.3) is 11.1 Å². The molecule has 3 aromatic rings. The van der Waals surface area contributed by atoms with Gasteiger partial charge in [0.2, 0.25) is 0 Å². The number of halogens is 1. The summed E-state index contributed by atoms with van der Waals surface area (Å²) in [5.74, 6) is -0.628. The Morgan fingerprint density at radius 2 is 2.08 bits per heavy atom. The zero-order valence-electron chi connectivity index (χ0n) is 13.6. The molecule has 0 amide bonds. The third kappa shape index (κ3) is 3.12. The number of ether oxygens (including phenoxy) is 1. The molecule has 0 aliphatic rings. The van der Waals surface area contributed by atoms with Crippen molar-refractivity contribution in [1.82, 2.24) is 9.55 Å². The van der Waals surface area contributed by atoms with Crippen LogP contribution in [0.5, 0.6) is 5.75 Å². The number of aromatic nitrogens is 2. The van der Waals surface area contributed by atoms with Gasteiger partial charge in [0.25, 0.3) is 0 Å². The lowest BCUT2D eigenvalue weighted by Gasteiger charge is -2.13.